The highest BCUT2D eigenvalue weighted by atomic mass is 32.2. The van der Waals surface area contributed by atoms with Gasteiger partial charge in [0, 0.05) is 11.4 Å². The lowest BCUT2D eigenvalue weighted by molar-refractivity contribution is 0.748. The van der Waals surface area contributed by atoms with Crippen molar-refractivity contribution in [2.75, 3.05) is 5.75 Å². The molecule has 0 aliphatic rings. The van der Waals surface area contributed by atoms with Gasteiger partial charge in [0.15, 0.2) is 0 Å². The number of thioether (sulfide) groups is 1. The van der Waals surface area contributed by atoms with Gasteiger partial charge in [-0.15, -0.1) is 22.0 Å². The average Bonchev–Trinajstić information content (AvgIpc) is 2.61. The molecule has 0 atom stereocenters. The molecular formula is C10H14N4S. The van der Waals surface area contributed by atoms with Gasteiger partial charge in [-0.3, -0.25) is 4.40 Å². The molecule has 0 saturated heterocycles. The Balaban J connectivity index is 2.35. The molecule has 0 unspecified atom stereocenters. The monoisotopic (exact) mass is 222 g/mol. The standard InChI is InChI=1S/C10H14N4S/c1-7(2)5-15-9-4-8(3)12-10-13-11-6-14(9)10/h4,6-7H,5H2,1-3H3. The minimum atomic E-state index is 0.676. The summed E-state index contributed by atoms with van der Waals surface area (Å²) in [5.41, 5.74) is 0.988. The van der Waals surface area contributed by atoms with Crippen LogP contribution in [0.2, 0.25) is 0 Å². The van der Waals surface area contributed by atoms with Gasteiger partial charge in [0.25, 0.3) is 5.78 Å². The predicted molar refractivity (Wildman–Crippen MR) is 61.1 cm³/mol. The molecule has 0 radical (unpaired) electrons. The van der Waals surface area contributed by atoms with E-state index in [-0.39, 0.29) is 0 Å². The van der Waals surface area contributed by atoms with Gasteiger partial charge in [-0.25, -0.2) is 4.98 Å². The molecule has 5 heteroatoms. The molecule has 2 aromatic rings. The van der Waals surface area contributed by atoms with Crippen molar-refractivity contribution in [3.05, 3.63) is 18.1 Å². The summed E-state index contributed by atoms with van der Waals surface area (Å²) in [6.07, 6.45) is 1.71. The van der Waals surface area contributed by atoms with Gasteiger partial charge >= 0.3 is 0 Å². The lowest BCUT2D eigenvalue weighted by Gasteiger charge is -2.06. The fraction of sp³-hybridized carbons (Fsp3) is 0.500. The van der Waals surface area contributed by atoms with E-state index in [2.05, 4.69) is 35.1 Å². The van der Waals surface area contributed by atoms with Crippen molar-refractivity contribution in [3.63, 3.8) is 0 Å². The Kier molecular flexibility index (Phi) is 2.90. The number of rotatable bonds is 3. The molecule has 2 heterocycles. The van der Waals surface area contributed by atoms with Gasteiger partial charge in [0.2, 0.25) is 0 Å². The Morgan fingerprint density at radius 1 is 1.47 bits per heavy atom. The number of hydrogen-bond donors (Lipinski definition) is 0. The van der Waals surface area contributed by atoms with Crippen LogP contribution in [0, 0.1) is 12.8 Å². The van der Waals surface area contributed by atoms with E-state index in [9.17, 15) is 0 Å². The van der Waals surface area contributed by atoms with E-state index in [0.29, 0.717) is 11.7 Å². The first-order valence-corrected chi connectivity index (χ1v) is 5.95. The number of nitrogens with zero attached hydrogens (tertiary/aromatic N) is 4. The van der Waals surface area contributed by atoms with Crippen LogP contribution in [0.25, 0.3) is 5.78 Å². The highest BCUT2D eigenvalue weighted by Crippen LogP contribution is 2.21. The van der Waals surface area contributed by atoms with Crippen LogP contribution in [0.1, 0.15) is 19.5 Å². The zero-order valence-corrected chi connectivity index (χ0v) is 9.95. The average molecular weight is 222 g/mol. The third-order valence-corrected chi connectivity index (χ3v) is 3.38. The SMILES string of the molecule is Cc1cc(SCC(C)C)n2cnnc2n1. The van der Waals surface area contributed by atoms with Gasteiger partial charge < -0.3 is 0 Å². The summed E-state index contributed by atoms with van der Waals surface area (Å²) < 4.78 is 1.93. The largest absolute Gasteiger partial charge is 0.260 e. The molecule has 4 nitrogen and oxygen atoms in total. The third kappa shape index (κ3) is 2.28. The maximum absolute atomic E-state index is 4.30. The van der Waals surface area contributed by atoms with Crippen LogP contribution >= 0.6 is 11.8 Å². The van der Waals surface area contributed by atoms with E-state index >= 15 is 0 Å². The topological polar surface area (TPSA) is 43.1 Å². The lowest BCUT2D eigenvalue weighted by atomic mass is 10.3. The molecule has 0 spiro atoms. The Labute approximate surface area is 93.1 Å². The van der Waals surface area contributed by atoms with E-state index < -0.39 is 0 Å². The summed E-state index contributed by atoms with van der Waals surface area (Å²) in [5, 5.41) is 8.99. The Morgan fingerprint density at radius 2 is 2.27 bits per heavy atom. The van der Waals surface area contributed by atoms with Crippen molar-refractivity contribution in [1.29, 1.82) is 0 Å². The molecule has 0 aromatic carbocycles. The normalized spacial score (nSPS) is 11.5. The van der Waals surface area contributed by atoms with Gasteiger partial charge in [0.1, 0.15) is 6.33 Å². The summed E-state index contributed by atoms with van der Waals surface area (Å²) in [5.74, 6) is 2.45. The number of fused-ring (bicyclic) bond motifs is 1. The quantitative estimate of drug-likeness (QED) is 0.589. The second kappa shape index (κ2) is 4.18. The van der Waals surface area contributed by atoms with Gasteiger partial charge in [-0.2, -0.15) is 0 Å². The van der Waals surface area contributed by atoms with E-state index in [4.69, 9.17) is 0 Å². The van der Waals surface area contributed by atoms with Crippen LogP contribution in [0.5, 0.6) is 0 Å². The summed E-state index contributed by atoms with van der Waals surface area (Å²) in [6.45, 7) is 6.41. The summed E-state index contributed by atoms with van der Waals surface area (Å²) in [4.78, 5) is 4.30. The molecular weight excluding hydrogens is 208 g/mol. The van der Waals surface area contributed by atoms with Crippen molar-refractivity contribution < 1.29 is 0 Å². The van der Waals surface area contributed by atoms with Crippen LogP contribution in [0.15, 0.2) is 17.4 Å². The zero-order chi connectivity index (χ0) is 10.8. The van der Waals surface area contributed by atoms with Crippen molar-refractivity contribution in [2.45, 2.75) is 25.8 Å². The molecule has 0 N–H and O–H groups in total. The van der Waals surface area contributed by atoms with Gasteiger partial charge in [-0.1, -0.05) is 13.8 Å². The Morgan fingerprint density at radius 3 is 3.00 bits per heavy atom. The van der Waals surface area contributed by atoms with E-state index in [1.165, 1.54) is 0 Å². The lowest BCUT2D eigenvalue weighted by Crippen LogP contribution is -1.97. The smallest absolute Gasteiger partial charge is 0.255 e. The Bertz CT molecular complexity index is 463. The number of aryl methyl sites for hydroxylation is 1. The minimum absolute atomic E-state index is 0.676. The van der Waals surface area contributed by atoms with Crippen molar-refractivity contribution in [2.24, 2.45) is 5.92 Å². The number of hydrogen-bond acceptors (Lipinski definition) is 4. The summed E-state index contributed by atoms with van der Waals surface area (Å²) in [7, 11) is 0. The van der Waals surface area contributed by atoms with Crippen molar-refractivity contribution >= 4 is 17.5 Å². The molecule has 2 rings (SSSR count). The fourth-order valence-corrected chi connectivity index (χ4v) is 2.29. The first-order chi connectivity index (χ1) is 7.16. The fourth-order valence-electron chi connectivity index (χ4n) is 1.26. The van der Waals surface area contributed by atoms with Gasteiger partial charge in [-0.05, 0) is 18.9 Å². The van der Waals surface area contributed by atoms with Crippen LogP contribution < -0.4 is 0 Å². The molecule has 15 heavy (non-hydrogen) atoms. The van der Waals surface area contributed by atoms with E-state index in [1.54, 1.807) is 6.33 Å². The van der Waals surface area contributed by atoms with E-state index in [0.717, 1.165) is 16.5 Å². The Hall–Kier alpha value is -1.10. The summed E-state index contributed by atoms with van der Waals surface area (Å²) >= 11 is 1.82. The molecule has 2 aromatic heterocycles. The first-order valence-electron chi connectivity index (χ1n) is 4.97. The molecule has 0 aliphatic heterocycles. The molecule has 0 fully saturated rings. The predicted octanol–water partition coefficient (Wildman–Crippen LogP) is 2.18. The second-order valence-electron chi connectivity index (χ2n) is 3.94. The number of aromatic nitrogens is 4. The van der Waals surface area contributed by atoms with Crippen molar-refractivity contribution in [3.8, 4) is 0 Å². The van der Waals surface area contributed by atoms with Crippen molar-refractivity contribution in [1.82, 2.24) is 19.6 Å². The molecule has 0 bridgehead atoms. The second-order valence-corrected chi connectivity index (χ2v) is 4.98. The van der Waals surface area contributed by atoms with Crippen LogP contribution in [0.4, 0.5) is 0 Å². The third-order valence-electron chi connectivity index (χ3n) is 1.94. The van der Waals surface area contributed by atoms with Crippen LogP contribution in [0.3, 0.4) is 0 Å². The highest BCUT2D eigenvalue weighted by molar-refractivity contribution is 7.99. The first kappa shape index (κ1) is 10.4. The molecule has 0 amide bonds. The minimum Gasteiger partial charge on any atom is -0.260 e. The molecule has 80 valence electrons. The zero-order valence-electron chi connectivity index (χ0n) is 9.14. The maximum Gasteiger partial charge on any atom is 0.255 e. The highest BCUT2D eigenvalue weighted by Gasteiger charge is 2.06. The summed E-state index contributed by atoms with van der Waals surface area (Å²) in [6, 6.07) is 2.07. The van der Waals surface area contributed by atoms with Crippen LogP contribution in [-0.4, -0.2) is 25.3 Å². The van der Waals surface area contributed by atoms with Crippen LogP contribution in [-0.2, 0) is 0 Å². The van der Waals surface area contributed by atoms with Gasteiger partial charge in [0.05, 0.1) is 5.03 Å². The van der Waals surface area contributed by atoms with E-state index in [1.807, 2.05) is 23.1 Å². The molecule has 0 aliphatic carbocycles. The molecule has 0 saturated carbocycles. The maximum atomic E-state index is 4.30.